The molecule has 2 fully saturated rings. The molecule has 2 N–H and O–H groups in total. The van der Waals surface area contributed by atoms with Gasteiger partial charge in [0.15, 0.2) is 11.6 Å². The van der Waals surface area contributed by atoms with Crippen molar-refractivity contribution >= 4 is 17.5 Å². The lowest BCUT2D eigenvalue weighted by Gasteiger charge is -2.41. The quantitative estimate of drug-likeness (QED) is 0.886. The summed E-state index contributed by atoms with van der Waals surface area (Å²) in [6, 6.07) is 0.141. The monoisotopic (exact) mass is 293 g/mol. The number of rotatable bonds is 2. The molecule has 0 saturated carbocycles. The van der Waals surface area contributed by atoms with Gasteiger partial charge in [-0.3, -0.25) is 4.79 Å². The van der Waals surface area contributed by atoms with E-state index >= 15 is 0 Å². The summed E-state index contributed by atoms with van der Waals surface area (Å²) in [7, 11) is 0. The number of carbonyl (C=O) groups excluding carboxylic acids is 1. The van der Waals surface area contributed by atoms with E-state index in [-0.39, 0.29) is 23.6 Å². The third kappa shape index (κ3) is 2.77. The van der Waals surface area contributed by atoms with Crippen molar-refractivity contribution in [2.24, 2.45) is 0 Å². The number of aromatic nitrogens is 2. The fourth-order valence-electron chi connectivity index (χ4n) is 3.21. The Morgan fingerprint density at radius 1 is 1.24 bits per heavy atom. The van der Waals surface area contributed by atoms with Gasteiger partial charge in [-0.15, -0.1) is 0 Å². The normalized spacial score (nSPS) is 23.5. The Balaban J connectivity index is 1.76. The average molecular weight is 293 g/mol. The van der Waals surface area contributed by atoms with Crippen LogP contribution in [-0.2, 0) is 4.79 Å². The first kappa shape index (κ1) is 14.0. The van der Waals surface area contributed by atoms with E-state index in [4.69, 9.17) is 5.73 Å². The number of nitrogen functional groups attached to an aromatic ring is 1. The van der Waals surface area contributed by atoms with Gasteiger partial charge in [0.2, 0.25) is 11.7 Å². The summed E-state index contributed by atoms with van der Waals surface area (Å²) in [5.41, 5.74) is 5.51. The van der Waals surface area contributed by atoms with E-state index < -0.39 is 5.82 Å². The third-order valence-electron chi connectivity index (χ3n) is 4.29. The van der Waals surface area contributed by atoms with E-state index in [0.717, 1.165) is 38.8 Å². The molecule has 1 aromatic rings. The van der Waals surface area contributed by atoms with Crippen LogP contribution in [0.5, 0.6) is 0 Å². The fourth-order valence-corrected chi connectivity index (χ4v) is 3.21. The van der Waals surface area contributed by atoms with Crippen molar-refractivity contribution in [1.29, 1.82) is 0 Å². The molecular formula is C14H20FN5O. The van der Waals surface area contributed by atoms with Crippen LogP contribution >= 0.6 is 0 Å². The molecule has 21 heavy (non-hydrogen) atoms. The van der Waals surface area contributed by atoms with Crippen LogP contribution in [-0.4, -0.2) is 46.5 Å². The molecule has 3 rings (SSSR count). The van der Waals surface area contributed by atoms with Gasteiger partial charge in [-0.1, -0.05) is 0 Å². The number of hydrogen-bond acceptors (Lipinski definition) is 5. The van der Waals surface area contributed by atoms with Gasteiger partial charge in [0.25, 0.3) is 0 Å². The SMILES string of the molecule is Nc1ncnc(N2CCC[C@@H](N3CCCCC3=O)C2)c1F. The molecule has 0 unspecified atom stereocenters. The second kappa shape index (κ2) is 5.83. The first-order valence-corrected chi connectivity index (χ1v) is 7.47. The zero-order chi connectivity index (χ0) is 14.8. The number of nitrogens with two attached hydrogens (primary N) is 1. The molecule has 7 heteroatoms. The maximum absolute atomic E-state index is 14.1. The van der Waals surface area contributed by atoms with Gasteiger partial charge < -0.3 is 15.5 Å². The number of halogens is 1. The van der Waals surface area contributed by atoms with Gasteiger partial charge in [-0.25, -0.2) is 9.97 Å². The highest BCUT2D eigenvalue weighted by Gasteiger charge is 2.31. The van der Waals surface area contributed by atoms with Crippen LogP contribution in [0.1, 0.15) is 32.1 Å². The largest absolute Gasteiger partial charge is 0.381 e. The second-order valence-electron chi connectivity index (χ2n) is 5.68. The van der Waals surface area contributed by atoms with Crippen molar-refractivity contribution in [2.75, 3.05) is 30.3 Å². The molecule has 2 aliphatic rings. The van der Waals surface area contributed by atoms with E-state index in [1.165, 1.54) is 6.33 Å². The van der Waals surface area contributed by atoms with Gasteiger partial charge in [0.05, 0.1) is 0 Å². The highest BCUT2D eigenvalue weighted by molar-refractivity contribution is 5.77. The fraction of sp³-hybridized carbons (Fsp3) is 0.643. The van der Waals surface area contributed by atoms with E-state index in [2.05, 4.69) is 9.97 Å². The van der Waals surface area contributed by atoms with Crippen molar-refractivity contribution in [3.8, 4) is 0 Å². The van der Waals surface area contributed by atoms with Crippen molar-refractivity contribution in [1.82, 2.24) is 14.9 Å². The molecular weight excluding hydrogens is 273 g/mol. The average Bonchev–Trinajstić information content (AvgIpc) is 2.51. The molecule has 1 aromatic heterocycles. The molecule has 114 valence electrons. The van der Waals surface area contributed by atoms with E-state index in [0.29, 0.717) is 13.0 Å². The summed E-state index contributed by atoms with van der Waals surface area (Å²) in [4.78, 5) is 23.6. The van der Waals surface area contributed by atoms with E-state index in [9.17, 15) is 9.18 Å². The minimum atomic E-state index is -0.567. The number of piperidine rings is 2. The summed E-state index contributed by atoms with van der Waals surface area (Å²) in [5, 5.41) is 0. The Kier molecular flexibility index (Phi) is 3.90. The Hall–Kier alpha value is -1.92. The number of nitrogens with zero attached hydrogens (tertiary/aromatic N) is 4. The lowest BCUT2D eigenvalue weighted by atomic mass is 10.0. The van der Waals surface area contributed by atoms with Crippen LogP contribution < -0.4 is 10.6 Å². The third-order valence-corrected chi connectivity index (χ3v) is 4.29. The van der Waals surface area contributed by atoms with Crippen LogP contribution in [0.4, 0.5) is 16.0 Å². The minimum Gasteiger partial charge on any atom is -0.381 e. The number of anilines is 2. The summed E-state index contributed by atoms with van der Waals surface area (Å²) in [5.74, 6) is -0.230. The molecule has 0 bridgehead atoms. The molecule has 1 amide bonds. The summed E-state index contributed by atoms with van der Waals surface area (Å²) >= 11 is 0. The standard InChI is InChI=1S/C14H20FN5O/c15-12-13(16)17-9-18-14(12)19-6-3-4-10(8-19)20-7-2-1-5-11(20)21/h9-10H,1-8H2,(H2,16,17,18)/t10-/m1/s1. The van der Waals surface area contributed by atoms with Gasteiger partial charge in [0, 0.05) is 32.1 Å². The zero-order valence-electron chi connectivity index (χ0n) is 12.0. The summed E-state index contributed by atoms with van der Waals surface area (Å²) in [6.07, 6.45) is 5.82. The predicted octanol–water partition coefficient (Wildman–Crippen LogP) is 1.18. The Morgan fingerprint density at radius 2 is 2.10 bits per heavy atom. The molecule has 0 spiro atoms. The highest BCUT2D eigenvalue weighted by atomic mass is 19.1. The minimum absolute atomic E-state index is 0.129. The Morgan fingerprint density at radius 3 is 2.90 bits per heavy atom. The number of hydrogen-bond donors (Lipinski definition) is 1. The molecule has 0 aliphatic carbocycles. The van der Waals surface area contributed by atoms with E-state index in [1.807, 2.05) is 9.80 Å². The number of likely N-dealkylation sites (tertiary alicyclic amines) is 1. The van der Waals surface area contributed by atoms with Crippen LogP contribution in [0.2, 0.25) is 0 Å². The van der Waals surface area contributed by atoms with E-state index in [1.54, 1.807) is 0 Å². The number of amides is 1. The van der Waals surface area contributed by atoms with Crippen molar-refractivity contribution in [3.05, 3.63) is 12.1 Å². The van der Waals surface area contributed by atoms with Crippen molar-refractivity contribution < 1.29 is 9.18 Å². The van der Waals surface area contributed by atoms with Crippen molar-refractivity contribution in [2.45, 2.75) is 38.1 Å². The Labute approximate surface area is 123 Å². The van der Waals surface area contributed by atoms with Gasteiger partial charge in [-0.05, 0) is 25.7 Å². The van der Waals surface area contributed by atoms with Crippen LogP contribution in [0.15, 0.2) is 6.33 Å². The van der Waals surface area contributed by atoms with Gasteiger partial charge >= 0.3 is 0 Å². The topological polar surface area (TPSA) is 75.3 Å². The zero-order valence-corrected chi connectivity index (χ0v) is 12.0. The van der Waals surface area contributed by atoms with Gasteiger partial charge in [-0.2, -0.15) is 4.39 Å². The molecule has 0 radical (unpaired) electrons. The van der Waals surface area contributed by atoms with Crippen LogP contribution in [0, 0.1) is 5.82 Å². The van der Waals surface area contributed by atoms with Crippen molar-refractivity contribution in [3.63, 3.8) is 0 Å². The second-order valence-corrected chi connectivity index (χ2v) is 5.68. The predicted molar refractivity (Wildman–Crippen MR) is 77.2 cm³/mol. The summed E-state index contributed by atoms with van der Waals surface area (Å²) < 4.78 is 14.1. The first-order valence-electron chi connectivity index (χ1n) is 7.47. The molecule has 2 saturated heterocycles. The highest BCUT2D eigenvalue weighted by Crippen LogP contribution is 2.26. The molecule has 6 nitrogen and oxygen atoms in total. The molecule has 2 aliphatic heterocycles. The molecule has 1 atom stereocenters. The maximum Gasteiger partial charge on any atom is 0.222 e. The molecule has 0 aromatic carbocycles. The van der Waals surface area contributed by atoms with Crippen LogP contribution in [0.3, 0.4) is 0 Å². The van der Waals surface area contributed by atoms with Gasteiger partial charge in [0.1, 0.15) is 6.33 Å². The lowest BCUT2D eigenvalue weighted by molar-refractivity contribution is -0.135. The maximum atomic E-state index is 14.1. The summed E-state index contributed by atoms with van der Waals surface area (Å²) in [6.45, 7) is 2.15. The lowest BCUT2D eigenvalue weighted by Crippen LogP contribution is -2.52. The van der Waals surface area contributed by atoms with Crippen LogP contribution in [0.25, 0.3) is 0 Å². The first-order chi connectivity index (χ1) is 10.2. The molecule has 3 heterocycles. The smallest absolute Gasteiger partial charge is 0.222 e. The number of carbonyl (C=O) groups is 1. The Bertz CT molecular complexity index is 538.